The fraction of sp³-hybridized carbons (Fsp3) is 0.462. The maximum Gasteiger partial charge on any atom is 0.305 e. The Bertz CT molecular complexity index is 418. The van der Waals surface area contributed by atoms with Crippen molar-refractivity contribution in [1.29, 1.82) is 0 Å². The van der Waals surface area contributed by atoms with Crippen LogP contribution in [0.25, 0.3) is 0 Å². The first-order valence-electron chi connectivity index (χ1n) is 5.54. The fourth-order valence-corrected chi connectivity index (χ4v) is 1.98. The Kier molecular flexibility index (Phi) is 4.97. The van der Waals surface area contributed by atoms with E-state index >= 15 is 0 Å². The fourth-order valence-electron chi connectivity index (χ4n) is 1.62. The molecule has 0 aromatic heterocycles. The number of rotatable bonds is 4. The van der Waals surface area contributed by atoms with E-state index in [0.717, 1.165) is 16.7 Å². The molecule has 0 aliphatic rings. The number of aryl methyl sites for hydroxylation is 2. The first kappa shape index (κ1) is 14.0. The monoisotopic (exact) mass is 255 g/mol. The highest BCUT2D eigenvalue weighted by atomic mass is 35.5. The van der Waals surface area contributed by atoms with Gasteiger partial charge in [0, 0.05) is 17.5 Å². The first-order chi connectivity index (χ1) is 7.95. The molecular formula is C13H18ClNO2. The summed E-state index contributed by atoms with van der Waals surface area (Å²) in [6.45, 7) is 4.02. The Labute approximate surface area is 107 Å². The van der Waals surface area contributed by atoms with Gasteiger partial charge in [0.2, 0.25) is 0 Å². The third-order valence-corrected chi connectivity index (χ3v) is 3.23. The van der Waals surface area contributed by atoms with Gasteiger partial charge >= 0.3 is 5.97 Å². The number of methoxy groups -OCH3 is 1. The third kappa shape index (κ3) is 3.72. The van der Waals surface area contributed by atoms with E-state index in [9.17, 15) is 4.79 Å². The van der Waals surface area contributed by atoms with Crippen molar-refractivity contribution in [2.75, 3.05) is 7.11 Å². The van der Waals surface area contributed by atoms with Gasteiger partial charge in [-0.25, -0.2) is 0 Å². The van der Waals surface area contributed by atoms with E-state index in [1.54, 1.807) is 0 Å². The molecule has 1 atom stereocenters. The topological polar surface area (TPSA) is 52.3 Å². The number of hydrogen-bond acceptors (Lipinski definition) is 3. The maximum atomic E-state index is 11.0. The molecule has 1 aromatic rings. The van der Waals surface area contributed by atoms with Gasteiger partial charge in [-0.15, -0.1) is 0 Å². The minimum atomic E-state index is -0.250. The second-order valence-electron chi connectivity index (χ2n) is 4.18. The summed E-state index contributed by atoms with van der Waals surface area (Å²) >= 11 is 6.15. The van der Waals surface area contributed by atoms with Gasteiger partial charge in [0.1, 0.15) is 0 Å². The summed E-state index contributed by atoms with van der Waals surface area (Å²) < 4.78 is 4.58. The maximum absolute atomic E-state index is 11.0. The second-order valence-corrected chi connectivity index (χ2v) is 4.59. The minimum absolute atomic E-state index is 0.235. The van der Waals surface area contributed by atoms with Crippen LogP contribution in [0, 0.1) is 13.8 Å². The van der Waals surface area contributed by atoms with Gasteiger partial charge in [0.05, 0.1) is 7.11 Å². The van der Waals surface area contributed by atoms with Crippen LogP contribution >= 0.6 is 11.6 Å². The van der Waals surface area contributed by atoms with Crippen LogP contribution in [0.15, 0.2) is 12.1 Å². The quantitative estimate of drug-likeness (QED) is 0.842. The SMILES string of the molecule is COC(=O)CCC(N)c1cc(C)c(C)cc1Cl. The van der Waals surface area contributed by atoms with E-state index in [-0.39, 0.29) is 12.0 Å². The molecule has 0 saturated carbocycles. The van der Waals surface area contributed by atoms with Crippen molar-refractivity contribution in [3.8, 4) is 0 Å². The van der Waals surface area contributed by atoms with Crippen molar-refractivity contribution in [1.82, 2.24) is 0 Å². The molecule has 0 aliphatic carbocycles. The minimum Gasteiger partial charge on any atom is -0.469 e. The zero-order valence-electron chi connectivity index (χ0n) is 10.4. The molecule has 0 saturated heterocycles. The van der Waals surface area contributed by atoms with Crippen molar-refractivity contribution in [3.63, 3.8) is 0 Å². The normalized spacial score (nSPS) is 12.3. The van der Waals surface area contributed by atoms with Crippen molar-refractivity contribution >= 4 is 17.6 Å². The number of carbonyl (C=O) groups is 1. The largest absolute Gasteiger partial charge is 0.469 e. The summed E-state index contributed by atoms with van der Waals surface area (Å²) in [6, 6.07) is 3.66. The highest BCUT2D eigenvalue weighted by Gasteiger charge is 2.13. The van der Waals surface area contributed by atoms with Crippen LogP contribution < -0.4 is 5.73 Å². The predicted molar refractivity (Wildman–Crippen MR) is 69.1 cm³/mol. The molecule has 1 aromatic carbocycles. The van der Waals surface area contributed by atoms with E-state index in [1.165, 1.54) is 7.11 Å². The van der Waals surface area contributed by atoms with Crippen LogP contribution in [0.2, 0.25) is 5.02 Å². The van der Waals surface area contributed by atoms with Gasteiger partial charge < -0.3 is 10.5 Å². The van der Waals surface area contributed by atoms with Gasteiger partial charge in [-0.2, -0.15) is 0 Å². The number of halogens is 1. The zero-order chi connectivity index (χ0) is 13.0. The number of hydrogen-bond donors (Lipinski definition) is 1. The summed E-state index contributed by atoms with van der Waals surface area (Å²) in [5.74, 6) is -0.250. The van der Waals surface area contributed by atoms with Crippen LogP contribution in [-0.2, 0) is 9.53 Å². The molecule has 4 heteroatoms. The van der Waals surface area contributed by atoms with Crippen LogP contribution in [0.3, 0.4) is 0 Å². The lowest BCUT2D eigenvalue weighted by molar-refractivity contribution is -0.140. The van der Waals surface area contributed by atoms with Crippen LogP contribution in [0.5, 0.6) is 0 Å². The predicted octanol–water partition coefficient (Wildman–Crippen LogP) is 2.91. The molecule has 17 heavy (non-hydrogen) atoms. The van der Waals surface area contributed by atoms with Crippen molar-refractivity contribution < 1.29 is 9.53 Å². The molecular weight excluding hydrogens is 238 g/mol. The van der Waals surface area contributed by atoms with Crippen LogP contribution in [0.1, 0.15) is 35.6 Å². The molecule has 0 heterocycles. The summed E-state index contributed by atoms with van der Waals surface area (Å²) in [5.41, 5.74) is 9.20. The average Bonchev–Trinajstić information content (AvgIpc) is 2.30. The summed E-state index contributed by atoms with van der Waals surface area (Å²) in [6.07, 6.45) is 0.843. The number of ether oxygens (including phenoxy) is 1. The summed E-state index contributed by atoms with van der Waals surface area (Å²) in [7, 11) is 1.37. The smallest absolute Gasteiger partial charge is 0.305 e. The van der Waals surface area contributed by atoms with E-state index in [1.807, 2.05) is 26.0 Å². The highest BCUT2D eigenvalue weighted by Crippen LogP contribution is 2.27. The lowest BCUT2D eigenvalue weighted by atomic mass is 9.98. The van der Waals surface area contributed by atoms with Gasteiger partial charge in [0.25, 0.3) is 0 Å². The Morgan fingerprint density at radius 3 is 2.59 bits per heavy atom. The highest BCUT2D eigenvalue weighted by molar-refractivity contribution is 6.31. The average molecular weight is 256 g/mol. The van der Waals surface area contributed by atoms with E-state index < -0.39 is 0 Å². The summed E-state index contributed by atoms with van der Waals surface area (Å²) in [4.78, 5) is 11.0. The molecule has 0 radical (unpaired) electrons. The lowest BCUT2D eigenvalue weighted by Gasteiger charge is -2.15. The van der Waals surface area contributed by atoms with Crippen LogP contribution in [-0.4, -0.2) is 13.1 Å². The standard InChI is InChI=1S/C13H18ClNO2/c1-8-6-10(11(14)7-9(8)2)12(15)4-5-13(16)17-3/h6-7,12H,4-5,15H2,1-3H3. The number of esters is 1. The Morgan fingerprint density at radius 1 is 1.41 bits per heavy atom. The van der Waals surface area contributed by atoms with Crippen molar-refractivity contribution in [3.05, 3.63) is 33.8 Å². The molecule has 0 spiro atoms. The Morgan fingerprint density at radius 2 is 2.00 bits per heavy atom. The van der Waals surface area contributed by atoms with Gasteiger partial charge in [0.15, 0.2) is 0 Å². The van der Waals surface area contributed by atoms with Gasteiger partial charge in [-0.3, -0.25) is 4.79 Å². The Hall–Kier alpha value is -1.06. The molecule has 1 unspecified atom stereocenters. The lowest BCUT2D eigenvalue weighted by Crippen LogP contribution is -2.14. The van der Waals surface area contributed by atoms with E-state index in [0.29, 0.717) is 17.9 Å². The van der Waals surface area contributed by atoms with Crippen molar-refractivity contribution in [2.24, 2.45) is 5.73 Å². The number of benzene rings is 1. The molecule has 0 amide bonds. The summed E-state index contributed by atoms with van der Waals surface area (Å²) in [5, 5.41) is 0.658. The van der Waals surface area contributed by atoms with Gasteiger partial charge in [-0.05, 0) is 43.0 Å². The number of carbonyl (C=O) groups excluding carboxylic acids is 1. The zero-order valence-corrected chi connectivity index (χ0v) is 11.2. The molecule has 3 nitrogen and oxygen atoms in total. The number of nitrogens with two attached hydrogens (primary N) is 1. The van der Waals surface area contributed by atoms with E-state index in [4.69, 9.17) is 17.3 Å². The molecule has 0 fully saturated rings. The second kappa shape index (κ2) is 6.03. The molecule has 0 bridgehead atoms. The van der Waals surface area contributed by atoms with E-state index in [2.05, 4.69) is 4.74 Å². The first-order valence-corrected chi connectivity index (χ1v) is 5.92. The molecule has 2 N–H and O–H groups in total. The molecule has 94 valence electrons. The van der Waals surface area contributed by atoms with Crippen LogP contribution in [0.4, 0.5) is 0 Å². The third-order valence-electron chi connectivity index (χ3n) is 2.90. The molecule has 0 aliphatic heterocycles. The molecule has 1 rings (SSSR count). The van der Waals surface area contributed by atoms with Crippen molar-refractivity contribution in [2.45, 2.75) is 32.7 Å². The van der Waals surface area contributed by atoms with Gasteiger partial charge in [-0.1, -0.05) is 17.7 Å². The Balaban J connectivity index is 2.78.